The van der Waals surface area contributed by atoms with Gasteiger partial charge in [0.25, 0.3) is 5.91 Å². The molecule has 0 bridgehead atoms. The molecule has 11 heteroatoms. The smallest absolute Gasteiger partial charge is 0.251 e. The summed E-state index contributed by atoms with van der Waals surface area (Å²) in [6, 6.07) is 21.6. The molecule has 4 rings (SSSR count). The van der Waals surface area contributed by atoms with Crippen molar-refractivity contribution in [3.63, 3.8) is 0 Å². The maximum absolute atomic E-state index is 12.7. The van der Waals surface area contributed by atoms with E-state index >= 15 is 0 Å². The number of amides is 2. The highest BCUT2D eigenvalue weighted by molar-refractivity contribution is 9.10. The number of methoxy groups -OCH3 is 2. The second kappa shape index (κ2) is 12.4. The minimum absolute atomic E-state index is 0.122. The largest absolute Gasteiger partial charge is 0.497 e. The molecule has 0 aliphatic rings. The van der Waals surface area contributed by atoms with Crippen LogP contribution in [-0.4, -0.2) is 46.6 Å². The lowest BCUT2D eigenvalue weighted by Gasteiger charge is -2.12. The summed E-state index contributed by atoms with van der Waals surface area (Å²) in [5, 5.41) is 14.8. The fourth-order valence-corrected chi connectivity index (χ4v) is 4.42. The van der Waals surface area contributed by atoms with Gasteiger partial charge >= 0.3 is 0 Å². The maximum Gasteiger partial charge on any atom is 0.251 e. The van der Waals surface area contributed by atoms with Crippen molar-refractivity contribution in [3.8, 4) is 17.2 Å². The van der Waals surface area contributed by atoms with Gasteiger partial charge in [0.2, 0.25) is 5.91 Å². The standard InChI is InChI=1S/C26H24BrN5O4S/c1-35-21-12-8-19(9-13-21)29-24(33)16-37-26-31-30-23(32(26)20-10-6-18(27)7-11-20)15-28-25(34)17-4-3-5-22(14-17)36-2/h3-14H,15-16H2,1-2H3,(H,28,34)(H,29,33). The number of benzene rings is 3. The number of thioether (sulfide) groups is 1. The number of hydrogen-bond acceptors (Lipinski definition) is 7. The maximum atomic E-state index is 12.7. The van der Waals surface area contributed by atoms with Crippen molar-refractivity contribution in [1.82, 2.24) is 20.1 Å². The second-order valence-corrected chi connectivity index (χ2v) is 9.55. The summed E-state index contributed by atoms with van der Waals surface area (Å²) in [6.45, 7) is 0.137. The molecule has 9 nitrogen and oxygen atoms in total. The Morgan fingerprint density at radius 1 is 0.946 bits per heavy atom. The highest BCUT2D eigenvalue weighted by atomic mass is 79.9. The number of ether oxygens (including phenoxy) is 2. The summed E-state index contributed by atoms with van der Waals surface area (Å²) < 4.78 is 13.1. The number of aromatic nitrogens is 3. The van der Waals surface area contributed by atoms with Crippen LogP contribution in [0, 0.1) is 0 Å². The van der Waals surface area contributed by atoms with E-state index in [9.17, 15) is 9.59 Å². The molecule has 0 radical (unpaired) electrons. The zero-order valence-corrected chi connectivity index (χ0v) is 22.5. The third-order valence-electron chi connectivity index (χ3n) is 5.23. The van der Waals surface area contributed by atoms with Gasteiger partial charge in [0.1, 0.15) is 11.5 Å². The number of carbonyl (C=O) groups excluding carboxylic acids is 2. The predicted molar refractivity (Wildman–Crippen MR) is 146 cm³/mol. The van der Waals surface area contributed by atoms with Crippen LogP contribution in [0.5, 0.6) is 11.5 Å². The first-order valence-corrected chi connectivity index (χ1v) is 12.9. The van der Waals surface area contributed by atoms with Crippen molar-refractivity contribution in [3.05, 3.63) is 88.7 Å². The normalized spacial score (nSPS) is 10.6. The first-order chi connectivity index (χ1) is 18.0. The molecule has 1 aromatic heterocycles. The van der Waals surface area contributed by atoms with Crippen molar-refractivity contribution in [1.29, 1.82) is 0 Å². The molecule has 0 unspecified atom stereocenters. The summed E-state index contributed by atoms with van der Waals surface area (Å²) in [4.78, 5) is 25.3. The zero-order valence-electron chi connectivity index (χ0n) is 20.1. The summed E-state index contributed by atoms with van der Waals surface area (Å²) in [5.74, 6) is 1.50. The van der Waals surface area contributed by atoms with E-state index in [1.807, 2.05) is 28.8 Å². The third-order valence-corrected chi connectivity index (χ3v) is 6.69. The van der Waals surface area contributed by atoms with Gasteiger partial charge in [0, 0.05) is 21.4 Å². The first kappa shape index (κ1) is 26.2. The Balaban J connectivity index is 1.48. The van der Waals surface area contributed by atoms with Crippen LogP contribution >= 0.6 is 27.7 Å². The predicted octanol–water partition coefficient (Wildman–Crippen LogP) is 4.71. The number of carbonyl (C=O) groups is 2. The van der Waals surface area contributed by atoms with Gasteiger partial charge in [-0.05, 0) is 66.7 Å². The van der Waals surface area contributed by atoms with Gasteiger partial charge in [-0.15, -0.1) is 10.2 Å². The lowest BCUT2D eigenvalue weighted by Crippen LogP contribution is -2.24. The third kappa shape index (κ3) is 6.89. The molecule has 4 aromatic rings. The van der Waals surface area contributed by atoms with E-state index in [1.165, 1.54) is 11.8 Å². The first-order valence-electron chi connectivity index (χ1n) is 11.2. The topological polar surface area (TPSA) is 107 Å². The molecule has 37 heavy (non-hydrogen) atoms. The molecule has 0 aliphatic heterocycles. The Morgan fingerprint density at radius 2 is 1.68 bits per heavy atom. The van der Waals surface area contributed by atoms with Gasteiger partial charge in [-0.3, -0.25) is 14.2 Å². The Hall–Kier alpha value is -3.83. The van der Waals surface area contributed by atoms with E-state index in [0.29, 0.717) is 33.7 Å². The van der Waals surface area contributed by atoms with Gasteiger partial charge in [0.15, 0.2) is 11.0 Å². The lowest BCUT2D eigenvalue weighted by molar-refractivity contribution is -0.113. The molecule has 1 heterocycles. The molecule has 0 atom stereocenters. The van der Waals surface area contributed by atoms with Crippen LogP contribution in [0.1, 0.15) is 16.2 Å². The van der Waals surface area contributed by atoms with Crippen LogP contribution in [0.15, 0.2) is 82.4 Å². The van der Waals surface area contributed by atoms with Gasteiger partial charge in [-0.1, -0.05) is 33.8 Å². The Labute approximate surface area is 226 Å². The van der Waals surface area contributed by atoms with Crippen LogP contribution in [0.25, 0.3) is 5.69 Å². The van der Waals surface area contributed by atoms with E-state index in [1.54, 1.807) is 62.8 Å². The average molecular weight is 582 g/mol. The van der Waals surface area contributed by atoms with Crippen LogP contribution < -0.4 is 20.1 Å². The van der Waals surface area contributed by atoms with E-state index < -0.39 is 0 Å². The minimum atomic E-state index is -0.266. The molecule has 0 aliphatic carbocycles. The fraction of sp³-hybridized carbons (Fsp3) is 0.154. The van der Waals surface area contributed by atoms with E-state index in [0.717, 1.165) is 10.2 Å². The van der Waals surface area contributed by atoms with Gasteiger partial charge in [0.05, 0.1) is 26.5 Å². The second-order valence-electron chi connectivity index (χ2n) is 7.69. The summed E-state index contributed by atoms with van der Waals surface area (Å²) >= 11 is 4.70. The van der Waals surface area contributed by atoms with Gasteiger partial charge < -0.3 is 20.1 Å². The zero-order chi connectivity index (χ0) is 26.2. The van der Waals surface area contributed by atoms with Crippen molar-refractivity contribution >= 4 is 45.2 Å². The van der Waals surface area contributed by atoms with E-state index in [4.69, 9.17) is 9.47 Å². The van der Waals surface area contributed by atoms with Crippen molar-refractivity contribution in [2.45, 2.75) is 11.7 Å². The number of nitrogens with zero attached hydrogens (tertiary/aromatic N) is 3. The summed E-state index contributed by atoms with van der Waals surface area (Å²) in [5.41, 5.74) is 1.94. The van der Waals surface area contributed by atoms with Crippen molar-refractivity contribution in [2.75, 3.05) is 25.3 Å². The number of hydrogen-bond donors (Lipinski definition) is 2. The quantitative estimate of drug-likeness (QED) is 0.261. The fourth-order valence-electron chi connectivity index (χ4n) is 3.39. The highest BCUT2D eigenvalue weighted by Crippen LogP contribution is 2.24. The summed E-state index contributed by atoms with van der Waals surface area (Å²) in [6.07, 6.45) is 0. The van der Waals surface area contributed by atoms with Gasteiger partial charge in [-0.25, -0.2) is 0 Å². The molecule has 2 amide bonds. The Kier molecular flexibility index (Phi) is 8.81. The van der Waals surface area contributed by atoms with E-state index in [2.05, 4.69) is 36.8 Å². The summed E-state index contributed by atoms with van der Waals surface area (Å²) in [7, 11) is 3.14. The monoisotopic (exact) mass is 581 g/mol. The number of nitrogens with one attached hydrogen (secondary N) is 2. The average Bonchev–Trinajstić information content (AvgIpc) is 3.34. The SMILES string of the molecule is COc1ccc(NC(=O)CSc2nnc(CNC(=O)c3cccc(OC)c3)n2-c2ccc(Br)cc2)cc1. The molecule has 2 N–H and O–H groups in total. The van der Waals surface area contributed by atoms with Crippen LogP contribution in [0.2, 0.25) is 0 Å². The van der Waals surface area contributed by atoms with Crippen LogP contribution in [0.3, 0.4) is 0 Å². The highest BCUT2D eigenvalue weighted by Gasteiger charge is 2.17. The van der Waals surface area contributed by atoms with Crippen LogP contribution in [0.4, 0.5) is 5.69 Å². The molecule has 0 spiro atoms. The molecule has 0 saturated heterocycles. The number of rotatable bonds is 10. The molecule has 190 valence electrons. The van der Waals surface area contributed by atoms with E-state index in [-0.39, 0.29) is 24.1 Å². The molecule has 0 saturated carbocycles. The number of anilines is 1. The van der Waals surface area contributed by atoms with Crippen LogP contribution in [-0.2, 0) is 11.3 Å². The van der Waals surface area contributed by atoms with Crippen molar-refractivity contribution < 1.29 is 19.1 Å². The Morgan fingerprint density at radius 3 is 2.38 bits per heavy atom. The molecular weight excluding hydrogens is 558 g/mol. The lowest BCUT2D eigenvalue weighted by atomic mass is 10.2. The number of halogens is 1. The molecular formula is C26H24BrN5O4S. The van der Waals surface area contributed by atoms with Crippen molar-refractivity contribution in [2.24, 2.45) is 0 Å². The molecule has 3 aromatic carbocycles. The minimum Gasteiger partial charge on any atom is -0.497 e. The Bertz CT molecular complexity index is 1380. The molecule has 0 fully saturated rings. The van der Waals surface area contributed by atoms with Gasteiger partial charge in [-0.2, -0.15) is 0 Å².